The quantitative estimate of drug-likeness (QED) is 0.684. The molecule has 0 aliphatic rings. The second-order valence-corrected chi connectivity index (χ2v) is 6.97. The molecule has 0 heterocycles. The van der Waals surface area contributed by atoms with Crippen LogP contribution in [-0.2, 0) is 16.1 Å². The number of ether oxygens (including phenoxy) is 1. The Labute approximate surface area is 161 Å². The summed E-state index contributed by atoms with van der Waals surface area (Å²) < 4.78 is 18.4. The predicted octanol–water partition coefficient (Wildman–Crippen LogP) is 4.07. The van der Waals surface area contributed by atoms with Gasteiger partial charge in [0.05, 0.1) is 0 Å². The van der Waals surface area contributed by atoms with Gasteiger partial charge < -0.3 is 10.1 Å². The molecule has 1 amide bonds. The Morgan fingerprint density at radius 2 is 1.96 bits per heavy atom. The zero-order chi connectivity index (χ0) is 18.9. The van der Waals surface area contributed by atoms with Crippen LogP contribution in [0.1, 0.15) is 22.3 Å². The maximum Gasteiger partial charge on any atom is 0.329 e. The van der Waals surface area contributed by atoms with E-state index in [1.54, 1.807) is 48.2 Å². The van der Waals surface area contributed by atoms with Crippen molar-refractivity contribution in [1.29, 1.82) is 0 Å². The van der Waals surface area contributed by atoms with Gasteiger partial charge in [-0.05, 0) is 60.4 Å². The molecule has 0 radical (unpaired) electrons. The van der Waals surface area contributed by atoms with E-state index in [-0.39, 0.29) is 12.5 Å². The summed E-state index contributed by atoms with van der Waals surface area (Å²) in [5, 5.41) is 3.21. The molecule has 4 nitrogen and oxygen atoms in total. The summed E-state index contributed by atoms with van der Waals surface area (Å²) in [7, 11) is 0. The van der Waals surface area contributed by atoms with E-state index in [2.05, 4.69) is 5.32 Å². The Hall–Kier alpha value is -2.05. The number of thioether (sulfide) groups is 1. The Kier molecular flexibility index (Phi) is 7.94. The number of carbonyl (C=O) groups is 2. The van der Waals surface area contributed by atoms with E-state index in [9.17, 15) is 14.0 Å². The van der Waals surface area contributed by atoms with Crippen molar-refractivity contribution in [3.05, 3.63) is 70.5 Å². The molecule has 26 heavy (non-hydrogen) atoms. The van der Waals surface area contributed by atoms with E-state index in [0.717, 1.165) is 0 Å². The van der Waals surface area contributed by atoms with Crippen molar-refractivity contribution >= 4 is 35.2 Å². The highest BCUT2D eigenvalue weighted by atomic mass is 35.5. The molecule has 0 aliphatic carbocycles. The molecule has 0 saturated carbocycles. The molecule has 7 heteroatoms. The van der Waals surface area contributed by atoms with E-state index in [0.29, 0.717) is 28.3 Å². The normalized spacial score (nSPS) is 11.7. The number of benzene rings is 2. The van der Waals surface area contributed by atoms with Gasteiger partial charge in [-0.3, -0.25) is 4.79 Å². The summed E-state index contributed by atoms with van der Waals surface area (Å²) in [6.45, 7) is -0.0524. The van der Waals surface area contributed by atoms with Crippen molar-refractivity contribution in [1.82, 2.24) is 5.32 Å². The lowest BCUT2D eigenvalue weighted by Crippen LogP contribution is -2.42. The fraction of sp³-hybridized carbons (Fsp3) is 0.263. The number of hydrogen-bond acceptors (Lipinski definition) is 4. The Balaban J connectivity index is 1.99. The van der Waals surface area contributed by atoms with Crippen LogP contribution in [0, 0.1) is 5.82 Å². The van der Waals surface area contributed by atoms with Gasteiger partial charge in [0.25, 0.3) is 5.91 Å². The molecule has 138 valence electrons. The highest BCUT2D eigenvalue weighted by molar-refractivity contribution is 7.98. The number of rotatable bonds is 8. The van der Waals surface area contributed by atoms with Crippen LogP contribution in [0.2, 0.25) is 5.02 Å². The first kappa shape index (κ1) is 20.3. The number of nitrogens with one attached hydrogen (secondary N) is 1. The smallest absolute Gasteiger partial charge is 0.329 e. The molecule has 0 spiro atoms. The third-order valence-electron chi connectivity index (χ3n) is 3.58. The lowest BCUT2D eigenvalue weighted by atomic mass is 10.1. The summed E-state index contributed by atoms with van der Waals surface area (Å²) >= 11 is 7.38. The van der Waals surface area contributed by atoms with Gasteiger partial charge in [0.2, 0.25) is 0 Å². The molecule has 0 aromatic heterocycles. The summed E-state index contributed by atoms with van der Waals surface area (Å²) in [6, 6.07) is 11.4. The second kappa shape index (κ2) is 10.2. The van der Waals surface area contributed by atoms with Crippen LogP contribution in [0.5, 0.6) is 0 Å². The van der Waals surface area contributed by atoms with Crippen LogP contribution >= 0.6 is 23.4 Å². The maximum atomic E-state index is 13.2. The Bertz CT molecular complexity index is 755. The molecule has 0 fully saturated rings. The summed E-state index contributed by atoms with van der Waals surface area (Å²) in [5.41, 5.74) is 0.951. The molecular formula is C19H19ClFNO3S. The van der Waals surface area contributed by atoms with Gasteiger partial charge in [0, 0.05) is 10.6 Å². The molecule has 2 rings (SSSR count). The lowest BCUT2D eigenvalue weighted by molar-refractivity contribution is -0.147. The standard InChI is InChI=1S/C19H19ClFNO3S/c1-26-10-9-17(22-18(23)14-5-7-15(20)8-6-14)19(24)25-12-13-3-2-4-16(21)11-13/h2-8,11,17H,9-10,12H2,1H3,(H,22,23)/t17-/m1/s1. The van der Waals surface area contributed by atoms with Crippen LogP contribution in [0.4, 0.5) is 4.39 Å². The first-order valence-corrected chi connectivity index (χ1v) is 9.73. The fourth-order valence-electron chi connectivity index (χ4n) is 2.21. The number of hydrogen-bond donors (Lipinski definition) is 1. The largest absolute Gasteiger partial charge is 0.459 e. The van der Waals surface area contributed by atoms with Crippen LogP contribution in [0.3, 0.4) is 0 Å². The van der Waals surface area contributed by atoms with Crippen molar-refractivity contribution < 1.29 is 18.7 Å². The van der Waals surface area contributed by atoms with Crippen LogP contribution < -0.4 is 5.32 Å². The molecule has 2 aromatic rings. The number of carbonyl (C=O) groups excluding carboxylic acids is 2. The average molecular weight is 396 g/mol. The highest BCUT2D eigenvalue weighted by Crippen LogP contribution is 2.11. The maximum absolute atomic E-state index is 13.2. The van der Waals surface area contributed by atoms with E-state index in [1.807, 2.05) is 6.26 Å². The molecule has 0 unspecified atom stereocenters. The number of halogens is 2. The number of esters is 1. The first-order chi connectivity index (χ1) is 12.5. The van der Waals surface area contributed by atoms with Crippen molar-refractivity contribution in [2.45, 2.75) is 19.1 Å². The van der Waals surface area contributed by atoms with Gasteiger partial charge in [-0.25, -0.2) is 9.18 Å². The zero-order valence-corrected chi connectivity index (χ0v) is 15.8. The van der Waals surface area contributed by atoms with Gasteiger partial charge in [0.15, 0.2) is 0 Å². The van der Waals surface area contributed by atoms with Crippen molar-refractivity contribution in [3.63, 3.8) is 0 Å². The number of amides is 1. The van der Waals surface area contributed by atoms with Crippen molar-refractivity contribution in [2.24, 2.45) is 0 Å². The average Bonchev–Trinajstić information content (AvgIpc) is 2.63. The van der Waals surface area contributed by atoms with Gasteiger partial charge in [-0.1, -0.05) is 23.7 Å². The third kappa shape index (κ3) is 6.35. The molecule has 1 atom stereocenters. The fourth-order valence-corrected chi connectivity index (χ4v) is 2.81. The molecule has 2 aromatic carbocycles. The van der Waals surface area contributed by atoms with Gasteiger partial charge in [-0.2, -0.15) is 11.8 Å². The van der Waals surface area contributed by atoms with Gasteiger partial charge in [-0.15, -0.1) is 0 Å². The second-order valence-electron chi connectivity index (χ2n) is 5.55. The minimum atomic E-state index is -0.779. The molecule has 1 N–H and O–H groups in total. The molecule has 0 bridgehead atoms. The lowest BCUT2D eigenvalue weighted by Gasteiger charge is -2.17. The van der Waals surface area contributed by atoms with E-state index >= 15 is 0 Å². The van der Waals surface area contributed by atoms with Crippen LogP contribution in [0.15, 0.2) is 48.5 Å². The minimum absolute atomic E-state index is 0.0524. The predicted molar refractivity (Wildman–Crippen MR) is 102 cm³/mol. The summed E-state index contributed by atoms with van der Waals surface area (Å²) in [4.78, 5) is 24.7. The summed E-state index contributed by atoms with van der Waals surface area (Å²) in [5.74, 6) is -0.643. The zero-order valence-electron chi connectivity index (χ0n) is 14.2. The van der Waals surface area contributed by atoms with Crippen LogP contribution in [-0.4, -0.2) is 29.9 Å². The Morgan fingerprint density at radius 1 is 1.23 bits per heavy atom. The van der Waals surface area contributed by atoms with E-state index in [1.165, 1.54) is 12.1 Å². The SMILES string of the molecule is CSCC[C@@H](NC(=O)c1ccc(Cl)cc1)C(=O)OCc1cccc(F)c1. The highest BCUT2D eigenvalue weighted by Gasteiger charge is 2.22. The monoisotopic (exact) mass is 395 g/mol. The minimum Gasteiger partial charge on any atom is -0.459 e. The molecular weight excluding hydrogens is 377 g/mol. The van der Waals surface area contributed by atoms with Crippen LogP contribution in [0.25, 0.3) is 0 Å². The van der Waals surface area contributed by atoms with Gasteiger partial charge in [0.1, 0.15) is 18.5 Å². The van der Waals surface area contributed by atoms with E-state index < -0.39 is 17.8 Å². The van der Waals surface area contributed by atoms with E-state index in [4.69, 9.17) is 16.3 Å². The summed E-state index contributed by atoms with van der Waals surface area (Å²) in [6.07, 6.45) is 2.35. The molecule has 0 aliphatic heterocycles. The topological polar surface area (TPSA) is 55.4 Å². The third-order valence-corrected chi connectivity index (χ3v) is 4.47. The Morgan fingerprint density at radius 3 is 2.62 bits per heavy atom. The van der Waals surface area contributed by atoms with Crippen molar-refractivity contribution in [3.8, 4) is 0 Å². The van der Waals surface area contributed by atoms with Crippen molar-refractivity contribution in [2.75, 3.05) is 12.0 Å². The molecule has 0 saturated heterocycles. The van der Waals surface area contributed by atoms with Gasteiger partial charge >= 0.3 is 5.97 Å². The first-order valence-electron chi connectivity index (χ1n) is 7.96.